The first-order valence-electron chi connectivity index (χ1n) is 12.8. The lowest BCUT2D eigenvalue weighted by Gasteiger charge is -2.29. The number of carbonyl (C=O) groups is 1. The van der Waals surface area contributed by atoms with Crippen LogP contribution in [0.1, 0.15) is 24.8 Å². The molecule has 8 nitrogen and oxygen atoms in total. The number of H-pyrrole nitrogens is 1. The standard InChI is InChI=1S/C29H33N7O/c1-35(2)14-8-13-25(37)18-21-9-6-10-22(17-21)27-26-20-30-34-28(26)33-29(32-27)31-23-11-7-12-24(19-23)36-15-4-3-5-16-36/h6-13,17,19-20H,3-5,14-16,18H2,1-2H3,(H2,30,31,32,33,34)/b13-8+. The number of nitrogens with zero attached hydrogens (tertiary/aromatic N) is 5. The van der Waals surface area contributed by atoms with E-state index in [4.69, 9.17) is 4.98 Å². The molecule has 0 radical (unpaired) electrons. The maximum atomic E-state index is 12.5. The maximum absolute atomic E-state index is 12.5. The van der Waals surface area contributed by atoms with Crippen LogP contribution in [0.4, 0.5) is 17.3 Å². The molecule has 0 bridgehead atoms. The van der Waals surface area contributed by atoms with Crippen LogP contribution in [0.15, 0.2) is 66.9 Å². The van der Waals surface area contributed by atoms with Gasteiger partial charge in [-0.3, -0.25) is 9.89 Å². The smallest absolute Gasteiger partial charge is 0.229 e. The minimum atomic E-state index is 0.0751. The predicted octanol–water partition coefficient (Wildman–Crippen LogP) is 4.98. The number of likely N-dealkylation sites (N-methyl/N-ethyl adjacent to an activating group) is 1. The molecule has 2 aromatic heterocycles. The fourth-order valence-electron chi connectivity index (χ4n) is 4.66. The molecule has 2 aromatic carbocycles. The molecule has 0 aliphatic carbocycles. The van der Waals surface area contributed by atoms with Gasteiger partial charge in [-0.15, -0.1) is 0 Å². The molecule has 190 valence electrons. The van der Waals surface area contributed by atoms with Gasteiger partial charge >= 0.3 is 0 Å². The summed E-state index contributed by atoms with van der Waals surface area (Å²) in [7, 11) is 3.95. The highest BCUT2D eigenvalue weighted by molar-refractivity contribution is 5.93. The number of benzene rings is 2. The number of aromatic amines is 1. The monoisotopic (exact) mass is 495 g/mol. The summed E-state index contributed by atoms with van der Waals surface area (Å²) in [6.45, 7) is 2.92. The lowest BCUT2D eigenvalue weighted by molar-refractivity contribution is -0.114. The zero-order chi connectivity index (χ0) is 25.6. The second-order valence-corrected chi connectivity index (χ2v) is 9.76. The number of aromatic nitrogens is 4. The maximum Gasteiger partial charge on any atom is 0.229 e. The van der Waals surface area contributed by atoms with Crippen LogP contribution in [0.25, 0.3) is 22.3 Å². The summed E-state index contributed by atoms with van der Waals surface area (Å²) in [5.41, 5.74) is 5.44. The van der Waals surface area contributed by atoms with E-state index < -0.39 is 0 Å². The summed E-state index contributed by atoms with van der Waals surface area (Å²) in [4.78, 5) is 26.4. The Kier molecular flexibility index (Phi) is 7.56. The van der Waals surface area contributed by atoms with E-state index in [0.29, 0.717) is 18.0 Å². The van der Waals surface area contributed by atoms with Gasteiger partial charge in [-0.25, -0.2) is 4.98 Å². The second-order valence-electron chi connectivity index (χ2n) is 9.76. The molecule has 0 unspecified atom stereocenters. The molecular weight excluding hydrogens is 462 g/mol. The van der Waals surface area contributed by atoms with E-state index in [9.17, 15) is 4.79 Å². The van der Waals surface area contributed by atoms with Crippen LogP contribution in [-0.4, -0.2) is 64.6 Å². The molecule has 0 amide bonds. The van der Waals surface area contributed by atoms with Crippen LogP contribution in [0.3, 0.4) is 0 Å². The fraction of sp³-hybridized carbons (Fsp3) is 0.310. The van der Waals surface area contributed by atoms with Crippen molar-refractivity contribution in [2.24, 2.45) is 0 Å². The molecule has 0 saturated carbocycles. The number of piperidine rings is 1. The van der Waals surface area contributed by atoms with Crippen LogP contribution < -0.4 is 10.2 Å². The van der Waals surface area contributed by atoms with Crippen LogP contribution in [0.2, 0.25) is 0 Å². The van der Waals surface area contributed by atoms with Crippen molar-refractivity contribution in [1.82, 2.24) is 25.1 Å². The Bertz CT molecular complexity index is 1400. The van der Waals surface area contributed by atoms with Gasteiger partial charge in [-0.1, -0.05) is 30.3 Å². The first-order chi connectivity index (χ1) is 18.0. The van der Waals surface area contributed by atoms with Crippen molar-refractivity contribution < 1.29 is 4.79 Å². The van der Waals surface area contributed by atoms with Gasteiger partial charge in [0.15, 0.2) is 11.4 Å². The molecule has 1 fully saturated rings. The summed E-state index contributed by atoms with van der Waals surface area (Å²) < 4.78 is 0. The van der Waals surface area contributed by atoms with E-state index in [1.807, 2.05) is 55.4 Å². The van der Waals surface area contributed by atoms with Crippen LogP contribution in [-0.2, 0) is 11.2 Å². The minimum Gasteiger partial charge on any atom is -0.371 e. The SMILES string of the molecule is CN(C)C/C=C/C(=O)Cc1cccc(-c2nc(Nc3cccc(N4CCCCC4)c3)nc3[nH]ncc23)c1. The Morgan fingerprint density at radius 1 is 1.08 bits per heavy atom. The van der Waals surface area contributed by atoms with Crippen molar-refractivity contribution in [2.75, 3.05) is 43.9 Å². The van der Waals surface area contributed by atoms with E-state index in [1.54, 1.807) is 12.3 Å². The van der Waals surface area contributed by atoms with Crippen molar-refractivity contribution in [3.63, 3.8) is 0 Å². The molecule has 1 aliphatic rings. The van der Waals surface area contributed by atoms with Crippen molar-refractivity contribution in [3.05, 3.63) is 72.4 Å². The van der Waals surface area contributed by atoms with Gasteiger partial charge in [0.05, 0.1) is 17.3 Å². The summed E-state index contributed by atoms with van der Waals surface area (Å²) in [6.07, 6.45) is 9.40. The zero-order valence-electron chi connectivity index (χ0n) is 21.4. The van der Waals surface area contributed by atoms with Gasteiger partial charge in [0.2, 0.25) is 5.95 Å². The number of ketones is 1. The highest BCUT2D eigenvalue weighted by Crippen LogP contribution is 2.29. The number of hydrogen-bond acceptors (Lipinski definition) is 7. The van der Waals surface area contributed by atoms with E-state index in [1.165, 1.54) is 24.9 Å². The quantitative estimate of drug-likeness (QED) is 0.316. The predicted molar refractivity (Wildman–Crippen MR) is 149 cm³/mol. The third kappa shape index (κ3) is 6.21. The van der Waals surface area contributed by atoms with Gasteiger partial charge in [-0.05, 0) is 69.3 Å². The molecule has 1 aliphatic heterocycles. The fourth-order valence-corrected chi connectivity index (χ4v) is 4.66. The Morgan fingerprint density at radius 2 is 1.92 bits per heavy atom. The third-order valence-corrected chi connectivity index (χ3v) is 6.49. The van der Waals surface area contributed by atoms with Gasteiger partial charge in [0.1, 0.15) is 0 Å². The second kappa shape index (κ2) is 11.3. The molecule has 5 rings (SSSR count). The number of allylic oxidation sites excluding steroid dienone is 1. The van der Waals surface area contributed by atoms with Gasteiger partial charge in [0.25, 0.3) is 0 Å². The first kappa shape index (κ1) is 24.6. The minimum absolute atomic E-state index is 0.0751. The normalized spacial score (nSPS) is 14.1. The molecule has 0 spiro atoms. The van der Waals surface area contributed by atoms with Crippen LogP contribution in [0, 0.1) is 0 Å². The first-order valence-corrected chi connectivity index (χ1v) is 12.8. The van der Waals surface area contributed by atoms with Crippen molar-refractivity contribution in [3.8, 4) is 11.3 Å². The Labute approximate surface area is 217 Å². The van der Waals surface area contributed by atoms with E-state index in [0.717, 1.165) is 47.5 Å². The summed E-state index contributed by atoms with van der Waals surface area (Å²) >= 11 is 0. The molecule has 37 heavy (non-hydrogen) atoms. The highest BCUT2D eigenvalue weighted by atomic mass is 16.1. The Hall–Kier alpha value is -4.04. The highest BCUT2D eigenvalue weighted by Gasteiger charge is 2.14. The molecule has 8 heteroatoms. The molecule has 0 atom stereocenters. The van der Waals surface area contributed by atoms with Gasteiger partial charge < -0.3 is 15.1 Å². The number of rotatable bonds is 9. The zero-order valence-corrected chi connectivity index (χ0v) is 21.4. The number of nitrogens with one attached hydrogen (secondary N) is 2. The molecule has 1 saturated heterocycles. The Balaban J connectivity index is 1.39. The topological polar surface area (TPSA) is 90.0 Å². The molecular formula is C29H33N7O. The number of hydrogen-bond donors (Lipinski definition) is 2. The number of fused-ring (bicyclic) bond motifs is 1. The van der Waals surface area contributed by atoms with Crippen molar-refractivity contribution in [1.29, 1.82) is 0 Å². The van der Waals surface area contributed by atoms with Gasteiger partial charge in [-0.2, -0.15) is 10.1 Å². The number of carbonyl (C=O) groups excluding carboxylic acids is 1. The molecule has 2 N–H and O–H groups in total. The van der Waals surface area contributed by atoms with Crippen molar-refractivity contribution >= 4 is 34.1 Å². The Morgan fingerprint density at radius 3 is 2.76 bits per heavy atom. The van der Waals surface area contributed by atoms with Crippen molar-refractivity contribution in [2.45, 2.75) is 25.7 Å². The average molecular weight is 496 g/mol. The van der Waals surface area contributed by atoms with E-state index in [-0.39, 0.29) is 5.78 Å². The molecule has 4 aromatic rings. The summed E-state index contributed by atoms with van der Waals surface area (Å²) in [5, 5.41) is 11.4. The lowest BCUT2D eigenvalue weighted by Crippen LogP contribution is -2.29. The third-order valence-electron chi connectivity index (χ3n) is 6.49. The number of anilines is 3. The van der Waals surface area contributed by atoms with Gasteiger partial charge in [0, 0.05) is 43.0 Å². The summed E-state index contributed by atoms with van der Waals surface area (Å²) in [6, 6.07) is 16.4. The van der Waals surface area contributed by atoms with E-state index >= 15 is 0 Å². The average Bonchev–Trinajstić information content (AvgIpc) is 3.37. The summed E-state index contributed by atoms with van der Waals surface area (Å²) in [5.74, 6) is 0.571. The van der Waals surface area contributed by atoms with Crippen LogP contribution in [0.5, 0.6) is 0 Å². The largest absolute Gasteiger partial charge is 0.371 e. The lowest BCUT2D eigenvalue weighted by atomic mass is 10.0. The molecule has 3 heterocycles. The van der Waals surface area contributed by atoms with E-state index in [2.05, 4.69) is 43.6 Å². The van der Waals surface area contributed by atoms with Crippen LogP contribution >= 0.6 is 0 Å².